The van der Waals surface area contributed by atoms with Crippen molar-refractivity contribution < 1.29 is 13.2 Å². The Morgan fingerprint density at radius 3 is 2.47 bits per heavy atom. The van der Waals surface area contributed by atoms with Crippen molar-refractivity contribution in [3.05, 3.63) is 0 Å². The minimum absolute atomic E-state index is 0.0556. The van der Waals surface area contributed by atoms with E-state index in [0.717, 1.165) is 0 Å². The highest BCUT2D eigenvalue weighted by atomic mass is 32.2. The fourth-order valence-corrected chi connectivity index (χ4v) is 2.53. The van der Waals surface area contributed by atoms with E-state index < -0.39 is 5.51 Å². The smallest absolute Gasteiger partial charge is 0.313 e. The van der Waals surface area contributed by atoms with Crippen molar-refractivity contribution in [3.63, 3.8) is 0 Å². The summed E-state index contributed by atoms with van der Waals surface area (Å²) >= 11 is 0.0556. The Hall–Kier alpha value is 0.100. The molecular formula is C10H18F3NS. The summed E-state index contributed by atoms with van der Waals surface area (Å²) in [7, 11) is 0. The van der Waals surface area contributed by atoms with E-state index in [1.807, 2.05) is 0 Å². The molecule has 0 aliphatic heterocycles. The van der Waals surface area contributed by atoms with Crippen LogP contribution in [0.2, 0.25) is 0 Å². The molecule has 90 valence electrons. The topological polar surface area (TPSA) is 12.0 Å². The minimum atomic E-state index is -4.09. The van der Waals surface area contributed by atoms with Crippen LogP contribution in [0, 0.1) is 5.92 Å². The van der Waals surface area contributed by atoms with Crippen LogP contribution >= 0.6 is 11.8 Å². The first-order chi connectivity index (χ1) is 6.99. The SMILES string of the molecule is C[C@H](NCCSC(F)(F)F)C1CCCC1. The lowest BCUT2D eigenvalue weighted by atomic mass is 10.00. The third-order valence-electron chi connectivity index (χ3n) is 2.94. The van der Waals surface area contributed by atoms with Crippen molar-refractivity contribution in [1.29, 1.82) is 0 Å². The van der Waals surface area contributed by atoms with E-state index in [-0.39, 0.29) is 17.5 Å². The largest absolute Gasteiger partial charge is 0.441 e. The zero-order valence-electron chi connectivity index (χ0n) is 8.94. The Morgan fingerprint density at radius 1 is 1.33 bits per heavy atom. The summed E-state index contributed by atoms with van der Waals surface area (Å²) < 4.78 is 35.4. The van der Waals surface area contributed by atoms with Gasteiger partial charge in [0, 0.05) is 18.3 Å². The number of rotatable bonds is 5. The molecule has 0 unspecified atom stereocenters. The van der Waals surface area contributed by atoms with Crippen LogP contribution in [0.1, 0.15) is 32.6 Å². The highest BCUT2D eigenvalue weighted by Crippen LogP contribution is 2.30. The molecule has 1 aliphatic rings. The molecule has 0 bridgehead atoms. The van der Waals surface area contributed by atoms with E-state index >= 15 is 0 Å². The Balaban J connectivity index is 2.04. The van der Waals surface area contributed by atoms with Crippen molar-refractivity contribution in [3.8, 4) is 0 Å². The van der Waals surface area contributed by atoms with Gasteiger partial charge in [-0.05, 0) is 37.4 Å². The number of hydrogen-bond donors (Lipinski definition) is 1. The second kappa shape index (κ2) is 5.99. The fraction of sp³-hybridized carbons (Fsp3) is 1.00. The summed E-state index contributed by atoms with van der Waals surface area (Å²) in [6.45, 7) is 2.52. The molecule has 1 aliphatic carbocycles. The highest BCUT2D eigenvalue weighted by molar-refractivity contribution is 8.00. The van der Waals surface area contributed by atoms with Gasteiger partial charge in [-0.25, -0.2) is 0 Å². The van der Waals surface area contributed by atoms with Gasteiger partial charge in [0.2, 0.25) is 0 Å². The second-order valence-electron chi connectivity index (χ2n) is 4.08. The molecule has 1 atom stereocenters. The first-order valence-corrected chi connectivity index (χ1v) is 6.41. The van der Waals surface area contributed by atoms with Crippen molar-refractivity contribution >= 4 is 11.8 Å². The summed E-state index contributed by atoms with van der Waals surface area (Å²) in [5.41, 5.74) is -4.09. The first kappa shape index (κ1) is 13.2. The molecule has 0 heterocycles. The molecule has 0 spiro atoms. The van der Waals surface area contributed by atoms with Crippen molar-refractivity contribution in [2.75, 3.05) is 12.3 Å². The second-order valence-corrected chi connectivity index (χ2v) is 5.24. The third kappa shape index (κ3) is 5.66. The lowest BCUT2D eigenvalue weighted by Gasteiger charge is -2.20. The molecular weight excluding hydrogens is 223 g/mol. The van der Waals surface area contributed by atoms with Crippen molar-refractivity contribution in [1.82, 2.24) is 5.32 Å². The van der Waals surface area contributed by atoms with Crippen LogP contribution in [-0.2, 0) is 0 Å². The molecule has 0 aromatic heterocycles. The van der Waals surface area contributed by atoms with Gasteiger partial charge < -0.3 is 5.32 Å². The van der Waals surface area contributed by atoms with Gasteiger partial charge in [0.1, 0.15) is 0 Å². The quantitative estimate of drug-likeness (QED) is 0.740. The summed E-state index contributed by atoms with van der Waals surface area (Å²) in [6, 6.07) is 0.362. The molecule has 15 heavy (non-hydrogen) atoms. The van der Waals surface area contributed by atoms with E-state index in [1.165, 1.54) is 25.7 Å². The van der Waals surface area contributed by atoms with E-state index in [0.29, 0.717) is 18.5 Å². The maximum Gasteiger partial charge on any atom is 0.441 e. The fourth-order valence-electron chi connectivity index (χ4n) is 2.08. The maximum atomic E-state index is 11.8. The first-order valence-electron chi connectivity index (χ1n) is 5.43. The Kier molecular flexibility index (Phi) is 5.26. The molecule has 5 heteroatoms. The predicted octanol–water partition coefficient (Wildman–Crippen LogP) is 3.41. The van der Waals surface area contributed by atoms with Crippen LogP contribution in [0.4, 0.5) is 13.2 Å². The van der Waals surface area contributed by atoms with Gasteiger partial charge in [-0.1, -0.05) is 12.8 Å². The minimum Gasteiger partial charge on any atom is -0.313 e. The zero-order valence-corrected chi connectivity index (χ0v) is 9.76. The van der Waals surface area contributed by atoms with Crippen LogP contribution in [0.25, 0.3) is 0 Å². The van der Waals surface area contributed by atoms with Crippen molar-refractivity contribution in [2.45, 2.75) is 44.2 Å². The molecule has 0 aromatic rings. The molecule has 0 amide bonds. The van der Waals surface area contributed by atoms with Gasteiger partial charge in [-0.2, -0.15) is 13.2 Å². The van der Waals surface area contributed by atoms with Gasteiger partial charge in [-0.3, -0.25) is 0 Å². The van der Waals surface area contributed by atoms with Crippen LogP contribution in [0.3, 0.4) is 0 Å². The van der Waals surface area contributed by atoms with E-state index in [9.17, 15) is 13.2 Å². The zero-order chi connectivity index (χ0) is 11.3. The normalized spacial score (nSPS) is 20.8. The lowest BCUT2D eigenvalue weighted by Crippen LogP contribution is -2.34. The standard InChI is InChI=1S/C10H18F3NS/c1-8(9-4-2-3-5-9)14-6-7-15-10(11,12)13/h8-9,14H,2-7H2,1H3/t8-/m0/s1. The van der Waals surface area contributed by atoms with Gasteiger partial charge in [0.15, 0.2) is 0 Å². The van der Waals surface area contributed by atoms with Gasteiger partial charge in [0.05, 0.1) is 0 Å². The average molecular weight is 241 g/mol. The maximum absolute atomic E-state index is 11.8. The number of nitrogens with one attached hydrogen (secondary N) is 1. The van der Waals surface area contributed by atoms with E-state index in [1.54, 1.807) is 0 Å². The number of hydrogen-bond acceptors (Lipinski definition) is 2. The Bertz CT molecular complexity index is 178. The van der Waals surface area contributed by atoms with E-state index in [4.69, 9.17) is 0 Å². The molecule has 1 N–H and O–H groups in total. The number of halogens is 3. The van der Waals surface area contributed by atoms with Gasteiger partial charge in [-0.15, -0.1) is 0 Å². The van der Waals surface area contributed by atoms with Crippen LogP contribution in [0.15, 0.2) is 0 Å². The Labute approximate surface area is 93.2 Å². The van der Waals surface area contributed by atoms with Crippen LogP contribution in [-0.4, -0.2) is 23.8 Å². The molecule has 0 radical (unpaired) electrons. The van der Waals surface area contributed by atoms with E-state index in [2.05, 4.69) is 12.2 Å². The molecule has 1 nitrogen and oxygen atoms in total. The third-order valence-corrected chi connectivity index (χ3v) is 3.68. The Morgan fingerprint density at radius 2 is 1.93 bits per heavy atom. The lowest BCUT2D eigenvalue weighted by molar-refractivity contribution is -0.0327. The number of thioether (sulfide) groups is 1. The average Bonchev–Trinajstić information content (AvgIpc) is 2.63. The van der Waals surface area contributed by atoms with Crippen LogP contribution in [0.5, 0.6) is 0 Å². The predicted molar refractivity (Wildman–Crippen MR) is 57.9 cm³/mol. The molecule has 1 fully saturated rings. The molecule has 0 aromatic carbocycles. The summed E-state index contributed by atoms with van der Waals surface area (Å²) in [4.78, 5) is 0. The summed E-state index contributed by atoms with van der Waals surface area (Å²) in [5.74, 6) is 0.779. The van der Waals surface area contributed by atoms with Gasteiger partial charge >= 0.3 is 5.51 Å². The van der Waals surface area contributed by atoms with Crippen LogP contribution < -0.4 is 5.32 Å². The molecule has 1 rings (SSSR count). The molecule has 0 saturated heterocycles. The molecule has 1 saturated carbocycles. The number of alkyl halides is 3. The van der Waals surface area contributed by atoms with Gasteiger partial charge in [0.25, 0.3) is 0 Å². The van der Waals surface area contributed by atoms with Crippen molar-refractivity contribution in [2.24, 2.45) is 5.92 Å². The monoisotopic (exact) mass is 241 g/mol. The summed E-state index contributed by atoms with van der Waals surface area (Å²) in [6.07, 6.45) is 4.99. The highest BCUT2D eigenvalue weighted by Gasteiger charge is 2.27. The summed E-state index contributed by atoms with van der Waals surface area (Å²) in [5, 5.41) is 3.18.